The number of rotatable bonds is 8. The van der Waals surface area contributed by atoms with Gasteiger partial charge in [0, 0.05) is 35.7 Å². The zero-order valence-corrected chi connectivity index (χ0v) is 17.0. The molecule has 0 unspecified atom stereocenters. The summed E-state index contributed by atoms with van der Waals surface area (Å²) in [5, 5.41) is 5.32. The number of sulfone groups is 1. The molecule has 6 nitrogen and oxygen atoms in total. The van der Waals surface area contributed by atoms with E-state index < -0.39 is 9.84 Å². The van der Waals surface area contributed by atoms with Crippen LogP contribution in [0.25, 0.3) is 0 Å². The molecule has 0 aliphatic heterocycles. The largest absolute Gasteiger partial charge is 0.351 e. The van der Waals surface area contributed by atoms with Gasteiger partial charge in [0.15, 0.2) is 0 Å². The molecule has 2 rings (SSSR count). The van der Waals surface area contributed by atoms with Crippen LogP contribution in [0.3, 0.4) is 0 Å². The highest BCUT2D eigenvalue weighted by Gasteiger charge is 2.18. The average molecular weight is 425 g/mol. The summed E-state index contributed by atoms with van der Waals surface area (Å²) in [6, 6.07) is 11.4. The topological polar surface area (TPSA) is 92.3 Å². The van der Waals surface area contributed by atoms with Crippen LogP contribution in [0.4, 0.5) is 0 Å². The van der Waals surface area contributed by atoms with Crippen molar-refractivity contribution in [3.63, 3.8) is 0 Å². The van der Waals surface area contributed by atoms with Crippen molar-refractivity contribution >= 4 is 46.9 Å². The Morgan fingerprint density at radius 2 is 1.04 bits per heavy atom. The predicted octanol–water partition coefficient (Wildman–Crippen LogP) is 1.84. The van der Waals surface area contributed by atoms with Gasteiger partial charge in [0.1, 0.15) is 0 Å². The number of amides is 2. The summed E-state index contributed by atoms with van der Waals surface area (Å²) in [4.78, 5) is 23.9. The van der Waals surface area contributed by atoms with Gasteiger partial charge >= 0.3 is 0 Å². The van der Waals surface area contributed by atoms with Crippen molar-refractivity contribution in [1.82, 2.24) is 10.6 Å². The summed E-state index contributed by atoms with van der Waals surface area (Å²) in [5.41, 5.74) is 0.735. The molecular weight excluding hydrogens is 404 g/mol. The van der Waals surface area contributed by atoms with Gasteiger partial charge in [-0.1, -0.05) is 0 Å². The number of hydrogen-bond acceptors (Lipinski definition) is 6. The lowest BCUT2D eigenvalue weighted by Crippen LogP contribution is -2.25. The molecule has 0 fully saturated rings. The van der Waals surface area contributed by atoms with Crippen molar-refractivity contribution < 1.29 is 18.0 Å². The highest BCUT2D eigenvalue weighted by Crippen LogP contribution is 2.21. The first kappa shape index (κ1) is 21.3. The highest BCUT2D eigenvalue weighted by molar-refractivity contribution is 7.91. The zero-order chi connectivity index (χ0) is 19.9. The highest BCUT2D eigenvalue weighted by atomic mass is 32.2. The van der Waals surface area contributed by atoms with E-state index in [1.54, 1.807) is 0 Å². The molecule has 0 saturated heterocycles. The molecule has 144 valence electrons. The van der Waals surface area contributed by atoms with Crippen molar-refractivity contribution in [3.05, 3.63) is 59.7 Å². The Kier molecular flexibility index (Phi) is 7.76. The average Bonchev–Trinajstić information content (AvgIpc) is 2.70. The van der Waals surface area contributed by atoms with Gasteiger partial charge in [-0.25, -0.2) is 8.42 Å². The SMILES string of the molecule is O=C(NCCS)c1ccc(S(=O)(=O)c2ccc(C(=O)NCCS)cc2)cc1. The molecule has 2 aromatic carbocycles. The zero-order valence-electron chi connectivity index (χ0n) is 14.4. The van der Waals surface area contributed by atoms with Gasteiger partial charge in [0.2, 0.25) is 9.84 Å². The van der Waals surface area contributed by atoms with Crippen LogP contribution in [-0.4, -0.2) is 44.8 Å². The molecule has 9 heteroatoms. The van der Waals surface area contributed by atoms with Gasteiger partial charge < -0.3 is 10.6 Å². The molecule has 0 bridgehead atoms. The van der Waals surface area contributed by atoms with Crippen LogP contribution in [0.5, 0.6) is 0 Å². The van der Waals surface area contributed by atoms with Crippen molar-refractivity contribution in [2.24, 2.45) is 0 Å². The Morgan fingerprint density at radius 1 is 0.704 bits per heavy atom. The van der Waals surface area contributed by atoms with E-state index in [-0.39, 0.29) is 21.6 Å². The third-order valence-corrected chi connectivity index (χ3v) is 5.88. The molecule has 0 radical (unpaired) electrons. The Bertz CT molecular complexity index is 826. The minimum Gasteiger partial charge on any atom is -0.351 e. The standard InChI is InChI=1S/C18H20N2O4S3/c21-17(19-9-11-25)13-1-5-15(6-2-13)27(23,24)16-7-3-14(4-8-16)18(22)20-10-12-26/h1-8,25-26H,9-12H2,(H,19,21)(H,20,22). The number of carbonyl (C=O) groups excluding carboxylic acids is 2. The molecular formula is C18H20N2O4S3. The number of benzene rings is 2. The summed E-state index contributed by atoms with van der Waals surface area (Å²) in [6.45, 7) is 0.853. The Balaban J connectivity index is 2.18. The lowest BCUT2D eigenvalue weighted by molar-refractivity contribution is 0.0948. The van der Waals surface area contributed by atoms with Crippen LogP contribution in [0.2, 0.25) is 0 Å². The minimum absolute atomic E-state index is 0.0699. The number of carbonyl (C=O) groups is 2. The van der Waals surface area contributed by atoms with E-state index >= 15 is 0 Å². The van der Waals surface area contributed by atoms with E-state index in [0.717, 1.165) is 0 Å². The second kappa shape index (κ2) is 9.82. The second-order valence-corrected chi connectivity index (χ2v) is 8.36. The quantitative estimate of drug-likeness (QED) is 0.487. The summed E-state index contributed by atoms with van der Waals surface area (Å²) < 4.78 is 25.4. The molecule has 0 spiro atoms. The van der Waals surface area contributed by atoms with Crippen molar-refractivity contribution in [2.45, 2.75) is 9.79 Å². The Morgan fingerprint density at radius 3 is 1.33 bits per heavy atom. The van der Waals surface area contributed by atoms with Crippen LogP contribution in [0, 0.1) is 0 Å². The fourth-order valence-electron chi connectivity index (χ4n) is 2.25. The van der Waals surface area contributed by atoms with Crippen molar-refractivity contribution in [1.29, 1.82) is 0 Å². The van der Waals surface area contributed by atoms with Crippen molar-refractivity contribution in [2.75, 3.05) is 24.6 Å². The molecule has 0 atom stereocenters. The van der Waals surface area contributed by atoms with Crippen LogP contribution in [-0.2, 0) is 9.84 Å². The minimum atomic E-state index is -3.75. The van der Waals surface area contributed by atoms with Gasteiger partial charge in [0.05, 0.1) is 9.79 Å². The molecule has 0 aliphatic rings. The lowest BCUT2D eigenvalue weighted by Gasteiger charge is -2.08. The third kappa shape index (κ3) is 5.50. The maximum absolute atomic E-state index is 12.7. The Labute approximate surface area is 169 Å². The van der Waals surface area contributed by atoms with Gasteiger partial charge in [0.25, 0.3) is 11.8 Å². The van der Waals surface area contributed by atoms with E-state index in [1.165, 1.54) is 48.5 Å². The van der Waals surface area contributed by atoms with Crippen LogP contribution >= 0.6 is 25.3 Å². The third-order valence-electron chi connectivity index (χ3n) is 3.65. The molecule has 0 aliphatic carbocycles. The van der Waals surface area contributed by atoms with E-state index in [1.807, 2.05) is 0 Å². The van der Waals surface area contributed by atoms with Gasteiger partial charge in [-0.3, -0.25) is 9.59 Å². The monoisotopic (exact) mass is 424 g/mol. The summed E-state index contributed by atoms with van der Waals surface area (Å²) >= 11 is 8.03. The fraction of sp³-hybridized carbons (Fsp3) is 0.222. The lowest BCUT2D eigenvalue weighted by atomic mass is 10.2. The van der Waals surface area contributed by atoms with E-state index in [9.17, 15) is 18.0 Å². The molecule has 2 N–H and O–H groups in total. The van der Waals surface area contributed by atoms with E-state index in [0.29, 0.717) is 35.7 Å². The summed E-state index contributed by atoms with van der Waals surface area (Å²) in [7, 11) is -3.75. The predicted molar refractivity (Wildman–Crippen MR) is 111 cm³/mol. The van der Waals surface area contributed by atoms with Crippen molar-refractivity contribution in [3.8, 4) is 0 Å². The number of hydrogen-bond donors (Lipinski definition) is 4. The Hall–Kier alpha value is -1.97. The van der Waals surface area contributed by atoms with E-state index in [2.05, 4.69) is 35.9 Å². The second-order valence-electron chi connectivity index (χ2n) is 5.51. The summed E-state index contributed by atoms with van der Waals surface area (Å²) in [5.74, 6) is 0.455. The molecule has 2 amide bonds. The van der Waals surface area contributed by atoms with Crippen LogP contribution < -0.4 is 10.6 Å². The first-order chi connectivity index (χ1) is 12.9. The smallest absolute Gasteiger partial charge is 0.251 e. The van der Waals surface area contributed by atoms with Crippen LogP contribution in [0.15, 0.2) is 58.3 Å². The molecule has 0 saturated carbocycles. The molecule has 0 heterocycles. The van der Waals surface area contributed by atoms with Gasteiger partial charge in [-0.2, -0.15) is 25.3 Å². The molecule has 0 aromatic heterocycles. The first-order valence-corrected chi connectivity index (χ1v) is 10.9. The van der Waals surface area contributed by atoms with Crippen LogP contribution in [0.1, 0.15) is 20.7 Å². The van der Waals surface area contributed by atoms with Gasteiger partial charge in [-0.15, -0.1) is 0 Å². The number of thiol groups is 2. The fourth-order valence-corrected chi connectivity index (χ4v) is 3.73. The maximum atomic E-state index is 12.7. The number of nitrogens with one attached hydrogen (secondary N) is 2. The normalized spacial score (nSPS) is 11.0. The van der Waals surface area contributed by atoms with Gasteiger partial charge in [-0.05, 0) is 48.5 Å². The van der Waals surface area contributed by atoms with E-state index in [4.69, 9.17) is 0 Å². The molecule has 2 aromatic rings. The first-order valence-electron chi connectivity index (χ1n) is 8.13. The summed E-state index contributed by atoms with van der Waals surface area (Å²) in [6.07, 6.45) is 0. The maximum Gasteiger partial charge on any atom is 0.251 e. The molecule has 27 heavy (non-hydrogen) atoms.